The molecular formula is C28H34N2O4. The fourth-order valence-electron chi connectivity index (χ4n) is 4.51. The molecule has 0 saturated heterocycles. The van der Waals surface area contributed by atoms with Gasteiger partial charge in [0.2, 0.25) is 5.91 Å². The second kappa shape index (κ2) is 12.8. The van der Waals surface area contributed by atoms with Gasteiger partial charge >= 0.3 is 6.16 Å². The quantitative estimate of drug-likeness (QED) is 0.413. The number of benzene rings is 2. The Morgan fingerprint density at radius 2 is 1.85 bits per heavy atom. The van der Waals surface area contributed by atoms with Crippen molar-refractivity contribution in [3.63, 3.8) is 0 Å². The van der Waals surface area contributed by atoms with Crippen molar-refractivity contribution in [1.82, 2.24) is 4.90 Å². The first-order valence-electron chi connectivity index (χ1n) is 12.3. The molecule has 0 spiro atoms. The first kappa shape index (κ1) is 25.3. The SMILES string of the molecule is CCCCC(=O)N(Cc1ccc(-c2ccccc2C#N)cc1)C1CCCC(OC(=O)OCC)C1. The number of amides is 1. The van der Waals surface area contributed by atoms with Crippen LogP contribution in [-0.4, -0.2) is 35.7 Å². The van der Waals surface area contributed by atoms with Crippen LogP contribution in [0.15, 0.2) is 48.5 Å². The largest absolute Gasteiger partial charge is 0.508 e. The van der Waals surface area contributed by atoms with Crippen molar-refractivity contribution in [2.45, 2.75) is 77.5 Å². The molecule has 0 aromatic heterocycles. The van der Waals surface area contributed by atoms with Gasteiger partial charge in [0.25, 0.3) is 0 Å². The molecule has 34 heavy (non-hydrogen) atoms. The lowest BCUT2D eigenvalue weighted by molar-refractivity contribution is -0.136. The molecule has 1 aliphatic rings. The molecule has 1 fully saturated rings. The number of hydrogen-bond donors (Lipinski definition) is 0. The summed E-state index contributed by atoms with van der Waals surface area (Å²) in [5, 5.41) is 9.40. The van der Waals surface area contributed by atoms with Gasteiger partial charge in [-0.3, -0.25) is 4.79 Å². The average molecular weight is 463 g/mol. The molecule has 2 aromatic carbocycles. The van der Waals surface area contributed by atoms with Crippen LogP contribution >= 0.6 is 0 Å². The predicted octanol–water partition coefficient (Wildman–Crippen LogP) is 6.23. The first-order valence-corrected chi connectivity index (χ1v) is 12.3. The normalized spacial score (nSPS) is 17.4. The molecule has 180 valence electrons. The predicted molar refractivity (Wildman–Crippen MR) is 131 cm³/mol. The number of rotatable bonds is 9. The molecule has 2 aromatic rings. The van der Waals surface area contributed by atoms with Crippen molar-refractivity contribution in [2.75, 3.05) is 6.61 Å². The Kier molecular flexibility index (Phi) is 9.51. The van der Waals surface area contributed by atoms with Crippen LogP contribution in [0, 0.1) is 11.3 Å². The molecule has 0 bridgehead atoms. The van der Waals surface area contributed by atoms with E-state index in [9.17, 15) is 14.9 Å². The number of nitriles is 1. The molecular weight excluding hydrogens is 428 g/mol. The molecule has 3 rings (SSSR count). The maximum absolute atomic E-state index is 13.2. The summed E-state index contributed by atoms with van der Waals surface area (Å²) in [6, 6.07) is 17.9. The fraction of sp³-hybridized carbons (Fsp3) is 0.464. The van der Waals surface area contributed by atoms with Gasteiger partial charge in [0.1, 0.15) is 6.10 Å². The molecule has 1 saturated carbocycles. The van der Waals surface area contributed by atoms with Crippen LogP contribution in [0.4, 0.5) is 4.79 Å². The van der Waals surface area contributed by atoms with Gasteiger partial charge in [0, 0.05) is 25.4 Å². The van der Waals surface area contributed by atoms with E-state index >= 15 is 0 Å². The van der Waals surface area contributed by atoms with Crippen molar-refractivity contribution in [1.29, 1.82) is 5.26 Å². The van der Waals surface area contributed by atoms with Gasteiger partial charge in [-0.2, -0.15) is 5.26 Å². The van der Waals surface area contributed by atoms with Gasteiger partial charge in [-0.25, -0.2) is 4.79 Å². The average Bonchev–Trinajstić information content (AvgIpc) is 2.86. The molecule has 0 aliphatic heterocycles. The first-order chi connectivity index (χ1) is 16.5. The van der Waals surface area contributed by atoms with Crippen LogP contribution in [0.1, 0.15) is 69.9 Å². The van der Waals surface area contributed by atoms with Crippen molar-refractivity contribution < 1.29 is 19.1 Å². The molecule has 0 N–H and O–H groups in total. The highest BCUT2D eigenvalue weighted by Gasteiger charge is 2.31. The summed E-state index contributed by atoms with van der Waals surface area (Å²) >= 11 is 0. The summed E-state index contributed by atoms with van der Waals surface area (Å²) in [5.41, 5.74) is 3.56. The highest BCUT2D eigenvalue weighted by Crippen LogP contribution is 2.29. The van der Waals surface area contributed by atoms with E-state index in [4.69, 9.17) is 9.47 Å². The number of hydrogen-bond acceptors (Lipinski definition) is 5. The minimum Gasteiger partial charge on any atom is -0.435 e. The minimum absolute atomic E-state index is 0.0246. The van der Waals surface area contributed by atoms with Gasteiger partial charge in [-0.05, 0) is 55.4 Å². The third kappa shape index (κ3) is 6.84. The van der Waals surface area contributed by atoms with Crippen molar-refractivity contribution in [3.05, 3.63) is 59.7 Å². The number of carbonyl (C=O) groups excluding carboxylic acids is 2. The molecule has 6 nitrogen and oxygen atoms in total. The molecule has 2 unspecified atom stereocenters. The topological polar surface area (TPSA) is 79.6 Å². The lowest BCUT2D eigenvalue weighted by atomic mass is 9.91. The molecule has 1 amide bonds. The van der Waals surface area contributed by atoms with E-state index in [1.807, 2.05) is 53.4 Å². The Bertz CT molecular complexity index is 996. The Labute approximate surface area is 202 Å². The third-order valence-electron chi connectivity index (χ3n) is 6.29. The fourth-order valence-corrected chi connectivity index (χ4v) is 4.51. The van der Waals surface area contributed by atoms with E-state index in [-0.39, 0.29) is 24.7 Å². The lowest BCUT2D eigenvalue weighted by Crippen LogP contribution is -2.44. The smallest absolute Gasteiger partial charge is 0.435 e. The zero-order chi connectivity index (χ0) is 24.3. The number of nitrogens with zero attached hydrogens (tertiary/aromatic N) is 2. The van der Waals surface area contributed by atoms with Crippen LogP contribution in [0.2, 0.25) is 0 Å². The Morgan fingerprint density at radius 3 is 2.56 bits per heavy atom. The van der Waals surface area contributed by atoms with Gasteiger partial charge in [0.15, 0.2) is 0 Å². The van der Waals surface area contributed by atoms with Crippen LogP contribution in [-0.2, 0) is 20.8 Å². The Balaban J connectivity index is 1.75. The summed E-state index contributed by atoms with van der Waals surface area (Å²) < 4.78 is 10.4. The van der Waals surface area contributed by atoms with Gasteiger partial charge in [-0.15, -0.1) is 0 Å². The monoisotopic (exact) mass is 462 g/mol. The summed E-state index contributed by atoms with van der Waals surface area (Å²) in [7, 11) is 0. The standard InChI is InChI=1S/C28H34N2O4/c1-3-5-13-27(31)30(24-10-8-11-25(18-24)34-28(32)33-4-2)20-21-14-16-22(17-15-21)26-12-7-6-9-23(26)19-29/h6-7,9,12,14-17,24-25H,3-5,8,10-11,13,18,20H2,1-2H3. The summed E-state index contributed by atoms with van der Waals surface area (Å²) in [6.45, 7) is 4.63. The summed E-state index contributed by atoms with van der Waals surface area (Å²) in [6.07, 6.45) is 4.69. The van der Waals surface area contributed by atoms with Gasteiger partial charge < -0.3 is 14.4 Å². The summed E-state index contributed by atoms with van der Waals surface area (Å²) in [4.78, 5) is 26.9. The Hall–Kier alpha value is -3.33. The van der Waals surface area contributed by atoms with E-state index in [2.05, 4.69) is 13.0 Å². The van der Waals surface area contributed by atoms with Crippen molar-refractivity contribution in [3.8, 4) is 17.2 Å². The highest BCUT2D eigenvalue weighted by atomic mass is 16.7. The maximum atomic E-state index is 13.2. The zero-order valence-corrected chi connectivity index (χ0v) is 20.2. The van der Waals surface area contributed by atoms with E-state index in [1.54, 1.807) is 6.92 Å². The van der Waals surface area contributed by atoms with Crippen molar-refractivity contribution >= 4 is 12.1 Å². The summed E-state index contributed by atoms with van der Waals surface area (Å²) in [5.74, 6) is 0.141. The molecule has 2 atom stereocenters. The van der Waals surface area contributed by atoms with Gasteiger partial charge in [-0.1, -0.05) is 55.8 Å². The van der Waals surface area contributed by atoms with E-state index in [0.717, 1.165) is 48.8 Å². The minimum atomic E-state index is -0.634. The number of unbranched alkanes of at least 4 members (excludes halogenated alkanes) is 1. The van der Waals surface area contributed by atoms with Crippen LogP contribution < -0.4 is 0 Å². The van der Waals surface area contributed by atoms with Crippen LogP contribution in [0.5, 0.6) is 0 Å². The van der Waals surface area contributed by atoms with Crippen molar-refractivity contribution in [2.24, 2.45) is 0 Å². The van der Waals surface area contributed by atoms with Crippen LogP contribution in [0.3, 0.4) is 0 Å². The van der Waals surface area contributed by atoms with E-state index in [0.29, 0.717) is 24.9 Å². The third-order valence-corrected chi connectivity index (χ3v) is 6.29. The Morgan fingerprint density at radius 1 is 1.09 bits per heavy atom. The second-order valence-electron chi connectivity index (χ2n) is 8.72. The molecule has 0 radical (unpaired) electrons. The molecule has 6 heteroatoms. The maximum Gasteiger partial charge on any atom is 0.508 e. The van der Waals surface area contributed by atoms with E-state index < -0.39 is 6.16 Å². The molecule has 1 aliphatic carbocycles. The van der Waals surface area contributed by atoms with Gasteiger partial charge in [0.05, 0.1) is 18.2 Å². The number of carbonyl (C=O) groups is 2. The highest BCUT2D eigenvalue weighted by molar-refractivity contribution is 5.76. The number of ether oxygens (including phenoxy) is 2. The van der Waals surface area contributed by atoms with E-state index in [1.165, 1.54) is 0 Å². The second-order valence-corrected chi connectivity index (χ2v) is 8.72. The molecule has 0 heterocycles. The van der Waals surface area contributed by atoms with Crippen LogP contribution in [0.25, 0.3) is 11.1 Å². The lowest BCUT2D eigenvalue weighted by Gasteiger charge is -2.37. The zero-order valence-electron chi connectivity index (χ0n) is 20.2.